The van der Waals surface area contributed by atoms with Crippen molar-refractivity contribution in [3.63, 3.8) is 0 Å². The number of amides is 1. The molecule has 224 valence electrons. The van der Waals surface area contributed by atoms with Crippen molar-refractivity contribution < 1.29 is 28.9 Å². The van der Waals surface area contributed by atoms with Gasteiger partial charge in [0.15, 0.2) is 5.78 Å². The number of carbonyl (C=O) groups excluding carboxylic acids is 2. The second-order valence-corrected chi connectivity index (χ2v) is 11.0. The number of aromatic nitrogens is 1. The van der Waals surface area contributed by atoms with Crippen LogP contribution in [0.25, 0.3) is 0 Å². The first-order chi connectivity index (χ1) is 20.3. The number of hydrogen-bond acceptors (Lipinski definition) is 8. The van der Waals surface area contributed by atoms with Gasteiger partial charge in [-0.25, -0.2) is 0 Å². The Labute approximate surface area is 247 Å². The minimum absolute atomic E-state index is 0.111. The fourth-order valence-corrected chi connectivity index (χ4v) is 4.63. The number of nitrogens with zero attached hydrogens (tertiary/aromatic N) is 1. The highest BCUT2D eigenvalue weighted by molar-refractivity contribution is 5.95. The predicted octanol–water partition coefficient (Wildman–Crippen LogP) is 4.22. The van der Waals surface area contributed by atoms with Crippen molar-refractivity contribution in [1.29, 1.82) is 0 Å². The highest BCUT2D eigenvalue weighted by Gasteiger charge is 2.24. The molecule has 3 N–H and O–H groups in total. The van der Waals surface area contributed by atoms with Crippen molar-refractivity contribution in [2.75, 3.05) is 26.4 Å². The molecule has 1 aromatic heterocycles. The van der Waals surface area contributed by atoms with Gasteiger partial charge in [-0.2, -0.15) is 0 Å². The minimum atomic E-state index is -0.904. The van der Waals surface area contributed by atoms with Gasteiger partial charge in [0.25, 0.3) is 5.91 Å². The molecule has 0 spiro atoms. The minimum Gasteiger partial charge on any atom is -0.494 e. The molecule has 1 aliphatic rings. The van der Waals surface area contributed by atoms with Gasteiger partial charge in [-0.3, -0.25) is 14.6 Å². The van der Waals surface area contributed by atoms with E-state index in [0.29, 0.717) is 49.2 Å². The third kappa shape index (κ3) is 9.56. The molecule has 3 aromatic rings. The molecule has 0 saturated carbocycles. The van der Waals surface area contributed by atoms with E-state index in [0.717, 1.165) is 29.8 Å². The molecule has 9 nitrogen and oxygen atoms in total. The summed E-state index contributed by atoms with van der Waals surface area (Å²) >= 11 is 0. The molecule has 4 bridgehead atoms. The van der Waals surface area contributed by atoms with Crippen LogP contribution in [0.1, 0.15) is 66.7 Å². The molecular weight excluding hydrogens is 534 g/mol. The Morgan fingerprint density at radius 2 is 1.88 bits per heavy atom. The third-order valence-electron chi connectivity index (χ3n) is 6.96. The topological polar surface area (TPSA) is 119 Å². The van der Waals surface area contributed by atoms with Crippen molar-refractivity contribution in [3.8, 4) is 17.2 Å². The molecule has 1 aliphatic heterocycles. The molecule has 0 saturated heterocycles. The third-order valence-corrected chi connectivity index (χ3v) is 6.96. The predicted molar refractivity (Wildman–Crippen MR) is 160 cm³/mol. The Bertz CT molecular complexity index is 1340. The van der Waals surface area contributed by atoms with E-state index in [2.05, 4.69) is 35.5 Å². The fraction of sp³-hybridized carbons (Fsp3) is 0.424. The average molecular weight is 576 g/mol. The van der Waals surface area contributed by atoms with Crippen LogP contribution in [0.2, 0.25) is 0 Å². The number of carbonyl (C=O) groups is 2. The zero-order valence-electron chi connectivity index (χ0n) is 24.6. The number of rotatable bonds is 9. The van der Waals surface area contributed by atoms with Crippen LogP contribution in [0.4, 0.5) is 0 Å². The van der Waals surface area contributed by atoms with E-state index >= 15 is 0 Å². The summed E-state index contributed by atoms with van der Waals surface area (Å²) in [6.45, 7) is 7.29. The summed E-state index contributed by atoms with van der Waals surface area (Å²) in [4.78, 5) is 29.5. The van der Waals surface area contributed by atoms with Gasteiger partial charge in [0.1, 0.15) is 23.9 Å². The maximum Gasteiger partial charge on any atom is 0.251 e. The molecule has 2 aromatic carbocycles. The van der Waals surface area contributed by atoms with Crippen LogP contribution in [-0.2, 0) is 17.8 Å². The highest BCUT2D eigenvalue weighted by Crippen LogP contribution is 2.25. The van der Waals surface area contributed by atoms with Crippen LogP contribution in [0.3, 0.4) is 0 Å². The number of nitrogens with one attached hydrogen (secondary N) is 2. The maximum absolute atomic E-state index is 13.5. The number of pyridine rings is 1. The number of aliphatic hydroxyl groups excluding tert-OH is 1. The summed E-state index contributed by atoms with van der Waals surface area (Å²) in [7, 11) is 0. The second-order valence-electron chi connectivity index (χ2n) is 11.0. The van der Waals surface area contributed by atoms with E-state index in [-0.39, 0.29) is 24.8 Å². The summed E-state index contributed by atoms with van der Waals surface area (Å²) in [5.41, 5.74) is 3.33. The molecule has 0 fully saturated rings. The molecule has 0 radical (unpaired) electrons. The van der Waals surface area contributed by atoms with E-state index in [4.69, 9.17) is 14.2 Å². The number of hydrogen-bond donors (Lipinski definition) is 3. The summed E-state index contributed by atoms with van der Waals surface area (Å²) < 4.78 is 17.5. The van der Waals surface area contributed by atoms with E-state index in [1.807, 2.05) is 30.3 Å². The lowest BCUT2D eigenvalue weighted by molar-refractivity contribution is -0.118. The normalized spacial score (nSPS) is 16.6. The average Bonchev–Trinajstić information content (AvgIpc) is 2.97. The van der Waals surface area contributed by atoms with Gasteiger partial charge in [-0.05, 0) is 79.6 Å². The molecule has 0 unspecified atom stereocenters. The monoisotopic (exact) mass is 575 g/mol. The largest absolute Gasteiger partial charge is 0.494 e. The maximum atomic E-state index is 13.5. The zero-order valence-corrected chi connectivity index (χ0v) is 24.6. The van der Waals surface area contributed by atoms with Gasteiger partial charge >= 0.3 is 0 Å². The summed E-state index contributed by atoms with van der Waals surface area (Å²) in [6, 6.07) is 16.1. The van der Waals surface area contributed by atoms with Crippen molar-refractivity contribution in [1.82, 2.24) is 15.6 Å². The highest BCUT2D eigenvalue weighted by atomic mass is 16.5. The molecule has 2 heterocycles. The van der Waals surface area contributed by atoms with E-state index in [1.165, 1.54) is 12.5 Å². The standard InChI is InChI=1S/C33H41N3O6/c1-22(2)25-9-10-35-27(15-25)19-34-20-32(38)31-14-24-7-6-8-28(13-24)40-11-4-5-12-41-29-16-26(33(39)36-31)17-30(18-29)42-21-23(3)37/h6-10,13,15-18,22,31-32,34,38H,4-5,11-12,14,19-21H2,1-3H3,(H,36,39)/t31-,32+/m0/s1. The quantitative estimate of drug-likeness (QED) is 0.347. The van der Waals surface area contributed by atoms with E-state index in [9.17, 15) is 14.7 Å². The lowest BCUT2D eigenvalue weighted by Gasteiger charge is -2.25. The lowest BCUT2D eigenvalue weighted by Crippen LogP contribution is -2.48. The summed E-state index contributed by atoms with van der Waals surface area (Å²) in [5.74, 6) is 1.44. The Morgan fingerprint density at radius 1 is 1.10 bits per heavy atom. The smallest absolute Gasteiger partial charge is 0.251 e. The molecule has 1 amide bonds. The molecule has 4 rings (SSSR count). The van der Waals surface area contributed by atoms with E-state index < -0.39 is 12.1 Å². The van der Waals surface area contributed by atoms with Crippen molar-refractivity contribution in [2.24, 2.45) is 0 Å². The van der Waals surface area contributed by atoms with Crippen LogP contribution in [-0.4, -0.2) is 60.3 Å². The van der Waals surface area contributed by atoms with Gasteiger partial charge in [0.2, 0.25) is 0 Å². The van der Waals surface area contributed by atoms with Crippen LogP contribution in [0, 0.1) is 0 Å². The number of ether oxygens (including phenoxy) is 3. The first-order valence-corrected chi connectivity index (χ1v) is 14.5. The molecular formula is C33H41N3O6. The Hall–Kier alpha value is -3.95. The second kappa shape index (κ2) is 15.3. The number of aliphatic hydroxyl groups is 1. The van der Waals surface area contributed by atoms with Crippen molar-refractivity contribution in [3.05, 3.63) is 83.2 Å². The molecule has 42 heavy (non-hydrogen) atoms. The van der Waals surface area contributed by atoms with Crippen molar-refractivity contribution in [2.45, 2.75) is 64.6 Å². The van der Waals surface area contributed by atoms with Crippen LogP contribution in [0.5, 0.6) is 17.2 Å². The van der Waals surface area contributed by atoms with Gasteiger partial charge in [0, 0.05) is 30.9 Å². The van der Waals surface area contributed by atoms with Crippen molar-refractivity contribution >= 4 is 11.7 Å². The number of benzene rings is 2. The Kier molecular flexibility index (Phi) is 11.3. The van der Waals surface area contributed by atoms with Gasteiger partial charge in [-0.1, -0.05) is 26.0 Å². The Morgan fingerprint density at radius 3 is 2.64 bits per heavy atom. The first kappa shape index (κ1) is 31.0. The molecule has 9 heteroatoms. The van der Waals surface area contributed by atoms with Crippen LogP contribution < -0.4 is 24.8 Å². The lowest BCUT2D eigenvalue weighted by atomic mass is 10.00. The zero-order chi connectivity index (χ0) is 29.9. The van der Waals surface area contributed by atoms with Crippen LogP contribution in [0.15, 0.2) is 60.8 Å². The number of ketones is 1. The van der Waals surface area contributed by atoms with Gasteiger partial charge in [0.05, 0.1) is 31.1 Å². The Balaban J connectivity index is 1.54. The number of fused-ring (bicyclic) bond motifs is 4. The fourth-order valence-electron chi connectivity index (χ4n) is 4.63. The summed E-state index contributed by atoms with van der Waals surface area (Å²) in [5, 5.41) is 17.6. The number of Topliss-reactive ketones (excluding diaryl/α,β-unsaturated/α-hetero) is 1. The van der Waals surface area contributed by atoms with E-state index in [1.54, 1.807) is 24.4 Å². The summed E-state index contributed by atoms with van der Waals surface area (Å²) in [6.07, 6.45) is 2.83. The van der Waals surface area contributed by atoms with Gasteiger partial charge in [-0.15, -0.1) is 0 Å². The molecule has 0 aliphatic carbocycles. The van der Waals surface area contributed by atoms with Gasteiger partial charge < -0.3 is 30.0 Å². The first-order valence-electron chi connectivity index (χ1n) is 14.5. The molecule has 2 atom stereocenters. The van der Waals surface area contributed by atoms with Crippen LogP contribution >= 0.6 is 0 Å². The SMILES string of the molecule is CC(=O)COc1cc2cc(c1)C(=O)N[C@H]([C@H](O)CNCc1cc(C(C)C)ccn1)Cc1cccc(c1)OCCCCO2.